The highest BCUT2D eigenvalue weighted by Crippen LogP contribution is 2.51. The van der Waals surface area contributed by atoms with Crippen LogP contribution in [-0.4, -0.2) is 41.1 Å². The van der Waals surface area contributed by atoms with Gasteiger partial charge in [0, 0.05) is 12.5 Å². The van der Waals surface area contributed by atoms with E-state index >= 15 is 0 Å². The lowest BCUT2D eigenvalue weighted by Crippen LogP contribution is -2.35. The number of rotatable bonds is 9. The molecule has 2 aliphatic heterocycles. The number of halogens is 1. The van der Waals surface area contributed by atoms with Crippen molar-refractivity contribution in [2.45, 2.75) is 72.3 Å². The van der Waals surface area contributed by atoms with Gasteiger partial charge in [-0.25, -0.2) is 4.39 Å². The van der Waals surface area contributed by atoms with E-state index in [0.717, 1.165) is 37.7 Å². The zero-order valence-corrected chi connectivity index (χ0v) is 21.4. The molecular weight excluding hydrogens is 445 g/mol. The number of phenolic OH excluding ortho intramolecular Hbond substituents is 1. The summed E-state index contributed by atoms with van der Waals surface area (Å²) in [4.78, 5) is 27.8. The average Bonchev–Trinajstić information content (AvgIpc) is 3.34. The van der Waals surface area contributed by atoms with Crippen molar-refractivity contribution in [1.29, 1.82) is 0 Å². The van der Waals surface area contributed by atoms with Gasteiger partial charge < -0.3 is 9.84 Å². The van der Waals surface area contributed by atoms with Crippen LogP contribution in [-0.2, 0) is 14.3 Å². The number of fused-ring (bicyclic) bond motifs is 3. The number of likely N-dealkylation sites (tertiary alicyclic amines) is 1. The molecule has 1 N–H and O–H groups in total. The fraction of sp³-hybridized carbons (Fsp3) is 0.586. The smallest absolute Gasteiger partial charge is 0.233 e. The van der Waals surface area contributed by atoms with Gasteiger partial charge in [-0.15, -0.1) is 0 Å². The number of carbonyl (C=O) groups is 2. The van der Waals surface area contributed by atoms with Crippen molar-refractivity contribution in [2.24, 2.45) is 23.7 Å². The van der Waals surface area contributed by atoms with Gasteiger partial charge in [0.2, 0.25) is 11.8 Å². The second-order valence-electron chi connectivity index (χ2n) is 10.5. The van der Waals surface area contributed by atoms with Crippen molar-refractivity contribution in [2.75, 3.05) is 13.2 Å². The van der Waals surface area contributed by atoms with Crippen molar-refractivity contribution < 1.29 is 23.8 Å². The topological polar surface area (TPSA) is 66.8 Å². The molecule has 0 unspecified atom stereocenters. The third-order valence-corrected chi connectivity index (χ3v) is 7.82. The number of hydrogen-bond acceptors (Lipinski definition) is 4. The first-order valence-electron chi connectivity index (χ1n) is 13.1. The minimum absolute atomic E-state index is 0.00297. The summed E-state index contributed by atoms with van der Waals surface area (Å²) in [5, 5.41) is 9.49. The summed E-state index contributed by atoms with van der Waals surface area (Å²) in [5.74, 6) is -1.23. The fourth-order valence-electron chi connectivity index (χ4n) is 6.22. The number of ether oxygens (including phenoxy) is 1. The molecule has 6 heteroatoms. The van der Waals surface area contributed by atoms with Crippen LogP contribution < -0.4 is 0 Å². The van der Waals surface area contributed by atoms with Crippen LogP contribution in [0.1, 0.15) is 71.8 Å². The van der Waals surface area contributed by atoms with Crippen molar-refractivity contribution in [3.63, 3.8) is 0 Å². The Morgan fingerprint density at radius 3 is 2.60 bits per heavy atom. The second kappa shape index (κ2) is 10.7. The van der Waals surface area contributed by atoms with Gasteiger partial charge in [-0.05, 0) is 61.3 Å². The van der Waals surface area contributed by atoms with Crippen LogP contribution in [0, 0.1) is 29.5 Å². The molecule has 0 spiro atoms. The van der Waals surface area contributed by atoms with E-state index in [1.807, 2.05) is 13.0 Å². The van der Waals surface area contributed by atoms with Gasteiger partial charge in [0.15, 0.2) is 11.6 Å². The molecule has 2 fully saturated rings. The van der Waals surface area contributed by atoms with Crippen LogP contribution in [0.4, 0.5) is 4.39 Å². The number of amides is 2. The predicted molar refractivity (Wildman–Crippen MR) is 134 cm³/mol. The Morgan fingerprint density at radius 1 is 1.17 bits per heavy atom. The molecule has 1 aliphatic carbocycles. The SMILES string of the molecule is CCC/C(=C\c1ccc(O)c(F)c1)CC[C@H]1OC[C@H]2C1=C(C(C)C)C[C@H]1C(=O)N(CCC)C(=O)[C@H]12. The fourth-order valence-corrected chi connectivity index (χ4v) is 6.22. The van der Waals surface area contributed by atoms with Gasteiger partial charge in [-0.2, -0.15) is 0 Å². The van der Waals surface area contributed by atoms with E-state index < -0.39 is 5.82 Å². The summed E-state index contributed by atoms with van der Waals surface area (Å²) in [5.41, 5.74) is 4.50. The molecule has 5 nitrogen and oxygen atoms in total. The first-order chi connectivity index (χ1) is 16.8. The molecule has 2 amide bonds. The predicted octanol–water partition coefficient (Wildman–Crippen LogP) is 5.88. The largest absolute Gasteiger partial charge is 0.505 e. The molecule has 4 rings (SSSR count). The van der Waals surface area contributed by atoms with E-state index in [1.54, 1.807) is 6.07 Å². The normalized spacial score (nSPS) is 26.7. The molecule has 4 atom stereocenters. The maximum atomic E-state index is 13.8. The van der Waals surface area contributed by atoms with Gasteiger partial charge in [-0.3, -0.25) is 14.5 Å². The third kappa shape index (κ3) is 4.95. The molecule has 1 aromatic rings. The van der Waals surface area contributed by atoms with E-state index in [9.17, 15) is 19.1 Å². The van der Waals surface area contributed by atoms with E-state index in [0.29, 0.717) is 25.5 Å². The van der Waals surface area contributed by atoms with Gasteiger partial charge >= 0.3 is 0 Å². The molecule has 2 heterocycles. The number of aromatic hydroxyl groups is 1. The van der Waals surface area contributed by atoms with Gasteiger partial charge in [0.25, 0.3) is 0 Å². The van der Waals surface area contributed by atoms with Crippen LogP contribution in [0.3, 0.4) is 0 Å². The first-order valence-corrected chi connectivity index (χ1v) is 13.1. The highest BCUT2D eigenvalue weighted by Gasteiger charge is 2.56. The Balaban J connectivity index is 1.56. The van der Waals surface area contributed by atoms with E-state index in [4.69, 9.17) is 4.74 Å². The monoisotopic (exact) mass is 483 g/mol. The zero-order valence-electron chi connectivity index (χ0n) is 21.4. The van der Waals surface area contributed by atoms with Crippen LogP contribution in [0.2, 0.25) is 0 Å². The van der Waals surface area contributed by atoms with Crippen LogP contribution in [0.15, 0.2) is 34.9 Å². The highest BCUT2D eigenvalue weighted by atomic mass is 19.1. The number of allylic oxidation sites excluding steroid dienone is 2. The van der Waals surface area contributed by atoms with Crippen molar-refractivity contribution >= 4 is 17.9 Å². The molecule has 0 saturated carbocycles. The molecule has 0 radical (unpaired) electrons. The van der Waals surface area contributed by atoms with Crippen LogP contribution >= 0.6 is 0 Å². The van der Waals surface area contributed by atoms with Gasteiger partial charge in [0.1, 0.15) is 0 Å². The summed E-state index contributed by atoms with van der Waals surface area (Å²) < 4.78 is 20.2. The standard InChI is InChI=1S/C29H38FNO4/c1-5-7-18(13-19-8-10-24(32)23(30)14-19)9-11-25-26-20(17(3)4)15-21-27(22(26)16-35-25)29(34)31(12-6-2)28(21)33/h8,10,13-14,17,21-22,25,27,32H,5-7,9,11-12,15-16H2,1-4H3/b18-13+/t21-,22+,25-,27-/m1/s1. The number of carbonyl (C=O) groups excluding carboxylic acids is 2. The van der Waals surface area contributed by atoms with Crippen molar-refractivity contribution in [1.82, 2.24) is 4.90 Å². The number of nitrogens with zero attached hydrogens (tertiary/aromatic N) is 1. The maximum Gasteiger partial charge on any atom is 0.233 e. The highest BCUT2D eigenvalue weighted by molar-refractivity contribution is 6.05. The quantitative estimate of drug-likeness (QED) is 0.352. The van der Waals surface area contributed by atoms with Crippen molar-refractivity contribution in [3.8, 4) is 5.75 Å². The van der Waals surface area contributed by atoms with Crippen LogP contribution in [0.5, 0.6) is 5.75 Å². The Kier molecular flexibility index (Phi) is 7.80. The average molecular weight is 484 g/mol. The van der Waals surface area contributed by atoms with E-state index in [1.165, 1.54) is 33.8 Å². The first kappa shape index (κ1) is 25.6. The number of hydrogen-bond donors (Lipinski definition) is 1. The number of imide groups is 1. The minimum Gasteiger partial charge on any atom is -0.505 e. The number of phenols is 1. The lowest BCUT2D eigenvalue weighted by molar-refractivity contribution is -0.140. The minimum atomic E-state index is -0.618. The molecule has 0 aromatic heterocycles. The molecule has 35 heavy (non-hydrogen) atoms. The summed E-state index contributed by atoms with van der Waals surface area (Å²) in [6.45, 7) is 9.44. The summed E-state index contributed by atoms with van der Waals surface area (Å²) in [6, 6.07) is 4.47. The Hall–Kier alpha value is -2.47. The maximum absolute atomic E-state index is 13.8. The van der Waals surface area contributed by atoms with Crippen LogP contribution in [0.25, 0.3) is 6.08 Å². The second-order valence-corrected chi connectivity index (χ2v) is 10.5. The van der Waals surface area contributed by atoms with E-state index in [-0.39, 0.29) is 41.4 Å². The summed E-state index contributed by atoms with van der Waals surface area (Å²) in [7, 11) is 0. The third-order valence-electron chi connectivity index (χ3n) is 7.82. The molecular formula is C29H38FNO4. The molecule has 2 saturated heterocycles. The Labute approximate surface area is 208 Å². The summed E-state index contributed by atoms with van der Waals surface area (Å²) >= 11 is 0. The summed E-state index contributed by atoms with van der Waals surface area (Å²) in [6.07, 6.45) is 6.87. The van der Waals surface area contributed by atoms with E-state index in [2.05, 4.69) is 20.8 Å². The molecule has 1 aromatic carbocycles. The lowest BCUT2D eigenvalue weighted by Gasteiger charge is -2.33. The molecule has 3 aliphatic rings. The van der Waals surface area contributed by atoms with Gasteiger partial charge in [-0.1, -0.05) is 57.4 Å². The lowest BCUT2D eigenvalue weighted by atomic mass is 9.67. The Bertz CT molecular complexity index is 1040. The van der Waals surface area contributed by atoms with Crippen molar-refractivity contribution in [3.05, 3.63) is 46.3 Å². The van der Waals surface area contributed by atoms with Gasteiger partial charge in [0.05, 0.1) is 24.5 Å². The zero-order chi connectivity index (χ0) is 25.3. The Morgan fingerprint density at radius 2 is 1.94 bits per heavy atom. The molecule has 0 bridgehead atoms. The molecule has 190 valence electrons. The number of benzene rings is 1.